The van der Waals surface area contributed by atoms with Crippen molar-refractivity contribution in [3.8, 4) is 11.1 Å². The summed E-state index contributed by atoms with van der Waals surface area (Å²) in [6.45, 7) is 7.25. The SMILES string of the molecule is CC(C)CCCC(C)CCOC(=O)c1ccc(-c2ccsc2Br)cc1. The highest BCUT2D eigenvalue weighted by Crippen LogP contribution is 2.32. The molecular formula is C21H27BrO2S. The number of halogens is 1. The van der Waals surface area contributed by atoms with Crippen molar-refractivity contribution in [2.45, 2.75) is 46.5 Å². The van der Waals surface area contributed by atoms with Crippen molar-refractivity contribution in [1.82, 2.24) is 0 Å². The molecule has 0 saturated heterocycles. The lowest BCUT2D eigenvalue weighted by Crippen LogP contribution is -2.09. The zero-order valence-electron chi connectivity index (χ0n) is 15.3. The molecule has 0 amide bonds. The van der Waals surface area contributed by atoms with Crippen molar-refractivity contribution in [2.75, 3.05) is 6.61 Å². The summed E-state index contributed by atoms with van der Waals surface area (Å²) in [4.78, 5) is 12.2. The number of thiophene rings is 1. The van der Waals surface area contributed by atoms with Crippen LogP contribution in [0.4, 0.5) is 0 Å². The van der Waals surface area contributed by atoms with E-state index in [2.05, 4.69) is 42.8 Å². The van der Waals surface area contributed by atoms with E-state index < -0.39 is 0 Å². The summed E-state index contributed by atoms with van der Waals surface area (Å²) in [5.74, 6) is 1.14. The first-order valence-corrected chi connectivity index (χ1v) is 10.6. The Morgan fingerprint density at radius 2 is 1.80 bits per heavy atom. The molecule has 0 saturated carbocycles. The molecule has 25 heavy (non-hydrogen) atoms. The van der Waals surface area contributed by atoms with Crippen LogP contribution >= 0.6 is 27.3 Å². The van der Waals surface area contributed by atoms with Crippen molar-refractivity contribution < 1.29 is 9.53 Å². The lowest BCUT2D eigenvalue weighted by Gasteiger charge is -2.12. The number of ether oxygens (including phenoxy) is 1. The summed E-state index contributed by atoms with van der Waals surface area (Å²) in [5.41, 5.74) is 2.87. The molecule has 1 atom stereocenters. The van der Waals surface area contributed by atoms with Gasteiger partial charge in [-0.1, -0.05) is 52.2 Å². The number of esters is 1. The van der Waals surface area contributed by atoms with E-state index in [0.717, 1.165) is 27.3 Å². The zero-order chi connectivity index (χ0) is 18.2. The van der Waals surface area contributed by atoms with Gasteiger partial charge < -0.3 is 4.74 Å². The van der Waals surface area contributed by atoms with Crippen LogP contribution in [0.3, 0.4) is 0 Å². The molecule has 0 aliphatic rings. The van der Waals surface area contributed by atoms with Crippen molar-refractivity contribution >= 4 is 33.2 Å². The monoisotopic (exact) mass is 422 g/mol. The predicted octanol–water partition coefficient (Wildman–Crippen LogP) is 7.19. The highest BCUT2D eigenvalue weighted by molar-refractivity contribution is 9.11. The largest absolute Gasteiger partial charge is 0.462 e. The third-order valence-electron chi connectivity index (χ3n) is 4.37. The van der Waals surface area contributed by atoms with Gasteiger partial charge in [-0.05, 0) is 63.3 Å². The summed E-state index contributed by atoms with van der Waals surface area (Å²) < 4.78 is 6.54. The molecule has 0 radical (unpaired) electrons. The summed E-state index contributed by atoms with van der Waals surface area (Å²) in [6.07, 6.45) is 4.67. The van der Waals surface area contributed by atoms with Crippen LogP contribution in [0.25, 0.3) is 11.1 Å². The van der Waals surface area contributed by atoms with E-state index in [1.54, 1.807) is 11.3 Å². The van der Waals surface area contributed by atoms with Gasteiger partial charge in [-0.15, -0.1) is 11.3 Å². The van der Waals surface area contributed by atoms with Crippen molar-refractivity contribution in [2.24, 2.45) is 11.8 Å². The predicted molar refractivity (Wildman–Crippen MR) is 110 cm³/mol. The van der Waals surface area contributed by atoms with E-state index in [0.29, 0.717) is 18.1 Å². The Morgan fingerprint density at radius 3 is 2.40 bits per heavy atom. The Bertz CT molecular complexity index is 661. The molecule has 0 fully saturated rings. The normalized spacial score (nSPS) is 12.4. The number of carbonyl (C=O) groups is 1. The number of benzene rings is 1. The maximum absolute atomic E-state index is 12.2. The van der Waals surface area contributed by atoms with E-state index in [4.69, 9.17) is 4.74 Å². The third-order valence-corrected chi connectivity index (χ3v) is 6.06. The second-order valence-corrected chi connectivity index (χ2v) is 9.27. The van der Waals surface area contributed by atoms with Gasteiger partial charge in [0.15, 0.2) is 0 Å². The summed E-state index contributed by atoms with van der Waals surface area (Å²) >= 11 is 5.21. The van der Waals surface area contributed by atoms with Crippen molar-refractivity contribution in [3.63, 3.8) is 0 Å². The fraction of sp³-hybridized carbons (Fsp3) is 0.476. The van der Waals surface area contributed by atoms with Crippen LogP contribution in [-0.2, 0) is 4.74 Å². The number of hydrogen-bond acceptors (Lipinski definition) is 3. The molecule has 2 rings (SSSR count). The van der Waals surface area contributed by atoms with E-state index in [1.807, 2.05) is 29.6 Å². The Hall–Kier alpha value is -1.13. The Labute approximate surface area is 163 Å². The van der Waals surface area contributed by atoms with E-state index in [1.165, 1.54) is 19.3 Å². The average Bonchev–Trinajstić information content (AvgIpc) is 3.00. The third kappa shape index (κ3) is 6.59. The van der Waals surface area contributed by atoms with E-state index in [9.17, 15) is 4.79 Å². The summed E-state index contributed by atoms with van der Waals surface area (Å²) in [6, 6.07) is 9.69. The smallest absolute Gasteiger partial charge is 0.338 e. The van der Waals surface area contributed by atoms with Crippen LogP contribution in [0.5, 0.6) is 0 Å². The second-order valence-electron chi connectivity index (χ2n) is 7.04. The van der Waals surface area contributed by atoms with Gasteiger partial charge in [0.05, 0.1) is 16.0 Å². The first-order valence-electron chi connectivity index (χ1n) is 8.98. The molecular weight excluding hydrogens is 396 g/mol. The topological polar surface area (TPSA) is 26.3 Å². The number of rotatable bonds is 9. The van der Waals surface area contributed by atoms with Crippen molar-refractivity contribution in [1.29, 1.82) is 0 Å². The first kappa shape index (κ1) is 20.2. The van der Waals surface area contributed by atoms with Gasteiger partial charge in [0.1, 0.15) is 0 Å². The molecule has 1 aromatic carbocycles. The van der Waals surface area contributed by atoms with Gasteiger partial charge in [0.2, 0.25) is 0 Å². The standard InChI is InChI=1S/C21H27BrO2S/c1-15(2)5-4-6-16(3)11-13-24-21(23)18-9-7-17(8-10-18)19-12-14-25-20(19)22/h7-10,12,14-16H,4-6,11,13H2,1-3H3. The van der Waals surface area contributed by atoms with Gasteiger partial charge in [0.25, 0.3) is 0 Å². The molecule has 1 heterocycles. The van der Waals surface area contributed by atoms with Crippen LogP contribution in [0.2, 0.25) is 0 Å². The Balaban J connectivity index is 1.76. The minimum absolute atomic E-state index is 0.231. The highest BCUT2D eigenvalue weighted by Gasteiger charge is 2.10. The van der Waals surface area contributed by atoms with Crippen LogP contribution < -0.4 is 0 Å². The van der Waals surface area contributed by atoms with E-state index >= 15 is 0 Å². The molecule has 0 bridgehead atoms. The zero-order valence-corrected chi connectivity index (χ0v) is 17.7. The molecule has 0 N–H and O–H groups in total. The highest BCUT2D eigenvalue weighted by atomic mass is 79.9. The lowest BCUT2D eigenvalue weighted by atomic mass is 9.98. The van der Waals surface area contributed by atoms with Gasteiger partial charge in [0, 0.05) is 5.56 Å². The second kappa shape index (κ2) is 10.1. The van der Waals surface area contributed by atoms with Gasteiger partial charge in [-0.25, -0.2) is 4.79 Å². The summed E-state index contributed by atoms with van der Waals surface area (Å²) in [7, 11) is 0. The molecule has 0 aliphatic carbocycles. The lowest BCUT2D eigenvalue weighted by molar-refractivity contribution is 0.0483. The first-order chi connectivity index (χ1) is 12.0. The molecule has 1 unspecified atom stereocenters. The van der Waals surface area contributed by atoms with E-state index in [-0.39, 0.29) is 5.97 Å². The number of hydrogen-bond donors (Lipinski definition) is 0. The minimum atomic E-state index is -0.231. The van der Waals surface area contributed by atoms with Crippen LogP contribution in [0.1, 0.15) is 56.8 Å². The van der Waals surface area contributed by atoms with Gasteiger partial charge in [-0.2, -0.15) is 0 Å². The van der Waals surface area contributed by atoms with Crippen LogP contribution in [0.15, 0.2) is 39.5 Å². The Kier molecular flexibility index (Phi) is 8.17. The molecule has 4 heteroatoms. The molecule has 2 aromatic rings. The Morgan fingerprint density at radius 1 is 1.08 bits per heavy atom. The molecule has 1 aromatic heterocycles. The molecule has 0 spiro atoms. The summed E-state index contributed by atoms with van der Waals surface area (Å²) in [5, 5.41) is 2.05. The van der Waals surface area contributed by atoms with Gasteiger partial charge in [-0.3, -0.25) is 0 Å². The maximum Gasteiger partial charge on any atom is 0.338 e. The molecule has 0 aliphatic heterocycles. The fourth-order valence-corrected chi connectivity index (χ4v) is 4.06. The molecule has 2 nitrogen and oxygen atoms in total. The maximum atomic E-state index is 12.2. The minimum Gasteiger partial charge on any atom is -0.462 e. The number of carbonyl (C=O) groups excluding carboxylic acids is 1. The van der Waals surface area contributed by atoms with Gasteiger partial charge >= 0.3 is 5.97 Å². The quantitative estimate of drug-likeness (QED) is 0.399. The average molecular weight is 423 g/mol. The van der Waals surface area contributed by atoms with Crippen LogP contribution in [0, 0.1) is 11.8 Å². The molecule has 136 valence electrons. The van der Waals surface area contributed by atoms with Crippen molar-refractivity contribution in [3.05, 3.63) is 45.1 Å². The fourth-order valence-electron chi connectivity index (χ4n) is 2.74. The van der Waals surface area contributed by atoms with Crippen LogP contribution in [-0.4, -0.2) is 12.6 Å².